The molecule has 4 rings (SSSR count). The number of rotatable bonds is 6. The SMILES string of the molecule is NC(N)=N/N=C(/C=C/c1ccccc1Cl)c1cn(S(=O)(=O)c2ccccc2)c2ccccc12. The molecule has 0 saturated carbocycles. The summed E-state index contributed by atoms with van der Waals surface area (Å²) in [5.41, 5.74) is 13.1. The Balaban J connectivity index is 1.92. The summed E-state index contributed by atoms with van der Waals surface area (Å²) in [5.74, 6) is -0.223. The highest BCUT2D eigenvalue weighted by atomic mass is 35.5. The van der Waals surface area contributed by atoms with Crippen molar-refractivity contribution in [3.63, 3.8) is 0 Å². The van der Waals surface area contributed by atoms with Crippen LogP contribution in [0, 0.1) is 0 Å². The predicted molar refractivity (Wildman–Crippen MR) is 134 cm³/mol. The van der Waals surface area contributed by atoms with Crippen molar-refractivity contribution in [2.45, 2.75) is 4.90 Å². The highest BCUT2D eigenvalue weighted by molar-refractivity contribution is 7.90. The van der Waals surface area contributed by atoms with Crippen LogP contribution < -0.4 is 11.5 Å². The second kappa shape index (κ2) is 9.32. The predicted octanol–water partition coefficient (Wildman–Crippen LogP) is 4.22. The van der Waals surface area contributed by atoms with Gasteiger partial charge in [-0.1, -0.05) is 72.3 Å². The molecule has 0 aliphatic rings. The molecule has 1 heterocycles. The lowest BCUT2D eigenvalue weighted by Gasteiger charge is -2.07. The molecule has 33 heavy (non-hydrogen) atoms. The number of para-hydroxylation sites is 1. The molecule has 0 saturated heterocycles. The van der Waals surface area contributed by atoms with Crippen molar-refractivity contribution in [2.24, 2.45) is 21.7 Å². The van der Waals surface area contributed by atoms with E-state index in [1.807, 2.05) is 30.3 Å². The fourth-order valence-electron chi connectivity index (χ4n) is 3.33. The smallest absolute Gasteiger partial charge is 0.268 e. The van der Waals surface area contributed by atoms with Crippen molar-refractivity contribution in [2.75, 3.05) is 0 Å². The van der Waals surface area contributed by atoms with Crippen LogP contribution in [0.15, 0.2) is 106 Å². The number of benzene rings is 3. The number of hydrogen-bond acceptors (Lipinski definition) is 4. The largest absolute Gasteiger partial charge is 0.369 e. The van der Waals surface area contributed by atoms with Crippen LogP contribution in [-0.2, 0) is 10.0 Å². The van der Waals surface area contributed by atoms with Gasteiger partial charge in [0.2, 0.25) is 5.96 Å². The molecule has 9 heteroatoms. The van der Waals surface area contributed by atoms with Gasteiger partial charge in [-0.15, -0.1) is 10.2 Å². The molecule has 0 radical (unpaired) electrons. The quantitative estimate of drug-likeness (QED) is 0.245. The second-order valence-corrected chi connectivity index (χ2v) is 9.26. The van der Waals surface area contributed by atoms with Crippen molar-refractivity contribution in [1.82, 2.24) is 3.97 Å². The van der Waals surface area contributed by atoms with E-state index < -0.39 is 10.0 Å². The number of nitrogens with two attached hydrogens (primary N) is 2. The molecule has 0 atom stereocenters. The van der Waals surface area contributed by atoms with Crippen molar-refractivity contribution < 1.29 is 8.42 Å². The van der Waals surface area contributed by atoms with Gasteiger partial charge < -0.3 is 11.5 Å². The van der Waals surface area contributed by atoms with Crippen LogP contribution in [0.1, 0.15) is 11.1 Å². The van der Waals surface area contributed by atoms with E-state index in [-0.39, 0.29) is 10.9 Å². The summed E-state index contributed by atoms with van der Waals surface area (Å²) >= 11 is 6.27. The average Bonchev–Trinajstić information content (AvgIpc) is 3.21. The lowest BCUT2D eigenvalue weighted by molar-refractivity contribution is 0.589. The number of fused-ring (bicyclic) bond motifs is 1. The van der Waals surface area contributed by atoms with Gasteiger partial charge in [-0.3, -0.25) is 0 Å². The fraction of sp³-hybridized carbons (Fsp3) is 0. The molecule has 0 amide bonds. The van der Waals surface area contributed by atoms with Crippen LogP contribution in [0.2, 0.25) is 5.02 Å². The molecule has 4 aromatic rings. The molecule has 1 aromatic heterocycles. The number of aromatic nitrogens is 1. The van der Waals surface area contributed by atoms with Gasteiger partial charge in [0.25, 0.3) is 10.0 Å². The highest BCUT2D eigenvalue weighted by Gasteiger charge is 2.22. The first-order valence-electron chi connectivity index (χ1n) is 9.88. The van der Waals surface area contributed by atoms with Crippen LogP contribution in [0.25, 0.3) is 17.0 Å². The van der Waals surface area contributed by atoms with E-state index in [9.17, 15) is 8.42 Å². The highest BCUT2D eigenvalue weighted by Crippen LogP contribution is 2.27. The first-order chi connectivity index (χ1) is 15.9. The first kappa shape index (κ1) is 22.3. The third-order valence-electron chi connectivity index (χ3n) is 4.85. The van der Waals surface area contributed by atoms with Gasteiger partial charge >= 0.3 is 0 Å². The van der Waals surface area contributed by atoms with Gasteiger partial charge in [-0.25, -0.2) is 12.4 Å². The van der Waals surface area contributed by atoms with Gasteiger partial charge in [0.1, 0.15) is 0 Å². The van der Waals surface area contributed by atoms with E-state index >= 15 is 0 Å². The maximum Gasteiger partial charge on any atom is 0.268 e. The summed E-state index contributed by atoms with van der Waals surface area (Å²) in [6.45, 7) is 0. The summed E-state index contributed by atoms with van der Waals surface area (Å²) in [5, 5.41) is 9.19. The Bertz CT molecular complexity index is 1500. The Hall–Kier alpha value is -3.88. The van der Waals surface area contributed by atoms with Crippen molar-refractivity contribution in [1.29, 1.82) is 0 Å². The monoisotopic (exact) mass is 477 g/mol. The van der Waals surface area contributed by atoms with Gasteiger partial charge in [0.05, 0.1) is 16.1 Å². The Morgan fingerprint density at radius 1 is 0.879 bits per heavy atom. The summed E-state index contributed by atoms with van der Waals surface area (Å²) in [4.78, 5) is 0.173. The third-order valence-corrected chi connectivity index (χ3v) is 6.89. The van der Waals surface area contributed by atoms with E-state index in [1.54, 1.807) is 60.7 Å². The molecule has 7 nitrogen and oxygen atoms in total. The zero-order valence-corrected chi connectivity index (χ0v) is 18.9. The Morgan fingerprint density at radius 2 is 1.55 bits per heavy atom. The molecule has 0 spiro atoms. The van der Waals surface area contributed by atoms with E-state index in [2.05, 4.69) is 10.2 Å². The number of allylic oxidation sites excluding steroid dienone is 1. The average molecular weight is 478 g/mol. The lowest BCUT2D eigenvalue weighted by atomic mass is 10.1. The maximum absolute atomic E-state index is 13.4. The zero-order chi connectivity index (χ0) is 23.4. The van der Waals surface area contributed by atoms with Gasteiger partial charge in [0.15, 0.2) is 0 Å². The van der Waals surface area contributed by atoms with Crippen LogP contribution in [0.5, 0.6) is 0 Å². The van der Waals surface area contributed by atoms with Crippen molar-refractivity contribution in [3.8, 4) is 0 Å². The first-order valence-corrected chi connectivity index (χ1v) is 11.7. The number of hydrogen-bond donors (Lipinski definition) is 2. The summed E-state index contributed by atoms with van der Waals surface area (Å²) in [6.07, 6.45) is 4.97. The van der Waals surface area contributed by atoms with Gasteiger partial charge in [-0.05, 0) is 35.9 Å². The molecule has 0 aliphatic heterocycles. The number of halogens is 1. The van der Waals surface area contributed by atoms with E-state index in [0.717, 1.165) is 5.56 Å². The van der Waals surface area contributed by atoms with Crippen LogP contribution >= 0.6 is 11.6 Å². The molecule has 3 aromatic carbocycles. The molecule has 0 unspecified atom stereocenters. The molecule has 0 fully saturated rings. The summed E-state index contributed by atoms with van der Waals surface area (Å²) < 4.78 is 28.0. The van der Waals surface area contributed by atoms with Crippen molar-refractivity contribution >= 4 is 50.3 Å². The normalized spacial score (nSPS) is 12.3. The van der Waals surface area contributed by atoms with Crippen LogP contribution in [-0.4, -0.2) is 24.1 Å². The standard InChI is InChI=1S/C24H20ClN5O2S/c25-21-12-6-4-8-17(21)14-15-22(28-29-24(26)27)20-16-30(23-13-7-5-11-19(20)23)33(31,32)18-9-2-1-3-10-18/h1-16H,(H4,26,27,29)/b15-14+,28-22-. The molecule has 4 N–H and O–H groups in total. The molecular weight excluding hydrogens is 458 g/mol. The number of guanidine groups is 1. The third kappa shape index (κ3) is 4.67. The Labute approximate surface area is 196 Å². The zero-order valence-electron chi connectivity index (χ0n) is 17.3. The molecule has 166 valence electrons. The topological polar surface area (TPSA) is 116 Å². The fourth-order valence-corrected chi connectivity index (χ4v) is 4.92. The minimum atomic E-state index is -3.85. The van der Waals surface area contributed by atoms with E-state index in [4.69, 9.17) is 23.1 Å². The summed E-state index contributed by atoms with van der Waals surface area (Å²) in [6, 6.07) is 22.7. The second-order valence-electron chi connectivity index (χ2n) is 7.04. The van der Waals surface area contributed by atoms with Crippen LogP contribution in [0.3, 0.4) is 0 Å². The van der Waals surface area contributed by atoms with Crippen molar-refractivity contribution in [3.05, 3.63) is 107 Å². The lowest BCUT2D eigenvalue weighted by Crippen LogP contribution is -2.22. The van der Waals surface area contributed by atoms with Crippen LogP contribution in [0.4, 0.5) is 0 Å². The summed E-state index contributed by atoms with van der Waals surface area (Å²) in [7, 11) is -3.85. The van der Waals surface area contributed by atoms with Gasteiger partial charge in [-0.2, -0.15) is 0 Å². The Morgan fingerprint density at radius 3 is 2.27 bits per heavy atom. The van der Waals surface area contributed by atoms with E-state index in [0.29, 0.717) is 27.2 Å². The number of nitrogens with zero attached hydrogens (tertiary/aromatic N) is 3. The minimum Gasteiger partial charge on any atom is -0.369 e. The minimum absolute atomic E-state index is 0.173. The molecular formula is C24H20ClN5O2S. The van der Waals surface area contributed by atoms with E-state index in [1.165, 1.54) is 10.2 Å². The Kier molecular flexibility index (Phi) is 6.30. The van der Waals surface area contributed by atoms with Gasteiger partial charge in [0, 0.05) is 22.2 Å². The maximum atomic E-state index is 13.4. The molecule has 0 bridgehead atoms. The molecule has 0 aliphatic carbocycles.